The van der Waals surface area contributed by atoms with Crippen LogP contribution in [0, 0.1) is 0 Å². The summed E-state index contributed by atoms with van der Waals surface area (Å²) in [7, 11) is 1.57. The maximum atomic E-state index is 11.7. The van der Waals surface area contributed by atoms with Gasteiger partial charge in [0.2, 0.25) is 0 Å². The van der Waals surface area contributed by atoms with E-state index >= 15 is 0 Å². The Labute approximate surface area is 145 Å². The molecule has 1 heterocycles. The first-order valence-electron chi connectivity index (χ1n) is 7.74. The van der Waals surface area contributed by atoms with E-state index in [1.807, 2.05) is 0 Å². The van der Waals surface area contributed by atoms with Gasteiger partial charge in [-0.1, -0.05) is 12.1 Å². The second-order valence-electron chi connectivity index (χ2n) is 5.12. The van der Waals surface area contributed by atoms with Crippen molar-refractivity contribution in [2.75, 3.05) is 20.1 Å². The normalized spacial score (nSPS) is 9.96. The summed E-state index contributed by atoms with van der Waals surface area (Å²) in [6.45, 7) is 0.903. The van der Waals surface area contributed by atoms with Crippen LogP contribution in [0.1, 0.15) is 26.5 Å². The third kappa shape index (κ3) is 5.69. The molecule has 0 radical (unpaired) electrons. The predicted molar refractivity (Wildman–Crippen MR) is 91.1 cm³/mol. The molecule has 0 bridgehead atoms. The second kappa shape index (κ2) is 9.11. The van der Waals surface area contributed by atoms with Crippen LogP contribution >= 0.6 is 0 Å². The first kappa shape index (κ1) is 18.1. The predicted octanol–water partition coefficient (Wildman–Crippen LogP) is 0.868. The van der Waals surface area contributed by atoms with Crippen LogP contribution in [0.3, 0.4) is 0 Å². The van der Waals surface area contributed by atoms with Crippen LogP contribution < -0.4 is 21.3 Å². The molecule has 0 aliphatic carbocycles. The lowest BCUT2D eigenvalue weighted by Crippen LogP contribution is -2.40. The van der Waals surface area contributed by atoms with Gasteiger partial charge in [-0.25, -0.2) is 4.79 Å². The van der Waals surface area contributed by atoms with E-state index in [9.17, 15) is 14.4 Å². The molecule has 1 aromatic carbocycles. The topological polar surface area (TPSA) is 112 Å². The lowest BCUT2D eigenvalue weighted by Gasteiger charge is -2.08. The van der Waals surface area contributed by atoms with Gasteiger partial charge in [-0.05, 0) is 29.8 Å². The molecule has 8 heteroatoms. The van der Waals surface area contributed by atoms with Gasteiger partial charge in [-0.2, -0.15) is 0 Å². The van der Waals surface area contributed by atoms with Crippen molar-refractivity contribution in [2.24, 2.45) is 0 Å². The minimum Gasteiger partial charge on any atom is -0.459 e. The average molecular weight is 344 g/mol. The maximum absolute atomic E-state index is 11.7. The fraction of sp³-hybridized carbons (Fsp3) is 0.235. The van der Waals surface area contributed by atoms with Crippen molar-refractivity contribution in [1.29, 1.82) is 0 Å². The molecular weight excluding hydrogens is 324 g/mol. The molecule has 8 nitrogen and oxygen atoms in total. The Morgan fingerprint density at radius 2 is 1.64 bits per heavy atom. The van der Waals surface area contributed by atoms with E-state index in [1.54, 1.807) is 43.4 Å². The maximum Gasteiger partial charge on any atom is 0.315 e. The summed E-state index contributed by atoms with van der Waals surface area (Å²) in [5, 5.41) is 10.5. The molecule has 0 aliphatic rings. The Balaban J connectivity index is 1.63. The number of hydrogen-bond acceptors (Lipinski definition) is 4. The first-order chi connectivity index (χ1) is 12.1. The molecule has 132 valence electrons. The SMILES string of the molecule is CNC(=O)c1ccc(CNC(=O)NCCNC(=O)c2ccco2)cc1. The standard InChI is InChI=1S/C17H20N4O4/c1-18-15(22)13-6-4-12(5-7-13)11-21-17(24)20-9-8-19-16(23)14-3-2-10-25-14/h2-7,10H,8-9,11H2,1H3,(H,18,22)(H,19,23)(H2,20,21,24). The van der Waals surface area contributed by atoms with Gasteiger partial charge in [0.25, 0.3) is 11.8 Å². The molecule has 0 saturated heterocycles. The number of furan rings is 1. The molecule has 0 unspecified atom stereocenters. The van der Waals surface area contributed by atoms with Crippen molar-refractivity contribution in [3.05, 3.63) is 59.5 Å². The van der Waals surface area contributed by atoms with Gasteiger partial charge in [0.05, 0.1) is 6.26 Å². The quantitative estimate of drug-likeness (QED) is 0.558. The second-order valence-corrected chi connectivity index (χ2v) is 5.12. The Bertz CT molecular complexity index is 711. The molecule has 25 heavy (non-hydrogen) atoms. The molecule has 1 aromatic heterocycles. The number of nitrogens with one attached hydrogen (secondary N) is 4. The smallest absolute Gasteiger partial charge is 0.315 e. The highest BCUT2D eigenvalue weighted by molar-refractivity contribution is 5.94. The third-order valence-corrected chi connectivity index (χ3v) is 3.34. The lowest BCUT2D eigenvalue weighted by atomic mass is 10.1. The van der Waals surface area contributed by atoms with E-state index in [4.69, 9.17) is 4.42 Å². The van der Waals surface area contributed by atoms with Gasteiger partial charge in [-0.3, -0.25) is 9.59 Å². The van der Waals surface area contributed by atoms with Crippen LogP contribution in [0.15, 0.2) is 47.1 Å². The van der Waals surface area contributed by atoms with Crippen molar-refractivity contribution in [1.82, 2.24) is 21.3 Å². The van der Waals surface area contributed by atoms with Gasteiger partial charge in [-0.15, -0.1) is 0 Å². The van der Waals surface area contributed by atoms with Crippen molar-refractivity contribution < 1.29 is 18.8 Å². The Kier molecular flexibility index (Phi) is 6.58. The summed E-state index contributed by atoms with van der Waals surface area (Å²) in [6.07, 6.45) is 1.42. The summed E-state index contributed by atoms with van der Waals surface area (Å²) in [4.78, 5) is 34.7. The molecule has 0 atom stereocenters. The van der Waals surface area contributed by atoms with E-state index in [1.165, 1.54) is 6.26 Å². The average Bonchev–Trinajstić information content (AvgIpc) is 3.18. The summed E-state index contributed by atoms with van der Waals surface area (Å²) >= 11 is 0. The summed E-state index contributed by atoms with van der Waals surface area (Å²) in [5.74, 6) is -0.262. The number of amides is 4. The summed E-state index contributed by atoms with van der Waals surface area (Å²) in [6, 6.07) is 9.77. The zero-order chi connectivity index (χ0) is 18.1. The van der Waals surface area contributed by atoms with Crippen LogP contribution in [0.2, 0.25) is 0 Å². The van der Waals surface area contributed by atoms with Crippen LogP contribution in [-0.4, -0.2) is 38.0 Å². The van der Waals surface area contributed by atoms with Crippen molar-refractivity contribution >= 4 is 17.8 Å². The number of hydrogen-bond donors (Lipinski definition) is 4. The van der Waals surface area contributed by atoms with Crippen molar-refractivity contribution in [3.8, 4) is 0 Å². The van der Waals surface area contributed by atoms with Gasteiger partial charge < -0.3 is 25.7 Å². The highest BCUT2D eigenvalue weighted by atomic mass is 16.3. The van der Waals surface area contributed by atoms with E-state index < -0.39 is 0 Å². The third-order valence-electron chi connectivity index (χ3n) is 3.34. The molecular formula is C17H20N4O4. The Morgan fingerprint density at radius 3 is 2.28 bits per heavy atom. The van der Waals surface area contributed by atoms with Gasteiger partial charge in [0, 0.05) is 32.2 Å². The van der Waals surface area contributed by atoms with Gasteiger partial charge in [0.15, 0.2) is 5.76 Å². The van der Waals surface area contributed by atoms with E-state index in [-0.39, 0.29) is 36.7 Å². The highest BCUT2D eigenvalue weighted by Crippen LogP contribution is 2.04. The van der Waals surface area contributed by atoms with Crippen molar-refractivity contribution in [3.63, 3.8) is 0 Å². The largest absolute Gasteiger partial charge is 0.459 e. The number of carbonyl (C=O) groups excluding carboxylic acids is 3. The van der Waals surface area contributed by atoms with Gasteiger partial charge in [0.1, 0.15) is 0 Å². The van der Waals surface area contributed by atoms with E-state index in [0.29, 0.717) is 12.1 Å². The number of benzene rings is 1. The summed E-state index contributed by atoms with van der Waals surface area (Å²) in [5.41, 5.74) is 1.43. The van der Waals surface area contributed by atoms with Crippen LogP contribution in [0.25, 0.3) is 0 Å². The minimum atomic E-state index is -0.345. The number of carbonyl (C=O) groups is 3. The number of rotatable bonds is 7. The lowest BCUT2D eigenvalue weighted by molar-refractivity contribution is 0.0924. The zero-order valence-corrected chi connectivity index (χ0v) is 13.8. The van der Waals surface area contributed by atoms with Crippen LogP contribution in [0.4, 0.5) is 4.79 Å². The van der Waals surface area contributed by atoms with Crippen LogP contribution in [-0.2, 0) is 6.54 Å². The summed E-state index contributed by atoms with van der Waals surface area (Å²) < 4.78 is 4.95. The van der Waals surface area contributed by atoms with E-state index in [2.05, 4.69) is 21.3 Å². The fourth-order valence-corrected chi connectivity index (χ4v) is 2.01. The Hall–Kier alpha value is -3.29. The molecule has 0 spiro atoms. The van der Waals surface area contributed by atoms with Crippen molar-refractivity contribution in [2.45, 2.75) is 6.54 Å². The van der Waals surface area contributed by atoms with Crippen LogP contribution in [0.5, 0.6) is 0 Å². The number of urea groups is 1. The molecule has 0 fully saturated rings. The monoisotopic (exact) mass is 344 g/mol. The minimum absolute atomic E-state index is 0.158. The molecule has 4 N–H and O–H groups in total. The zero-order valence-electron chi connectivity index (χ0n) is 13.8. The molecule has 4 amide bonds. The molecule has 0 aliphatic heterocycles. The van der Waals surface area contributed by atoms with Gasteiger partial charge >= 0.3 is 6.03 Å². The van der Waals surface area contributed by atoms with E-state index in [0.717, 1.165) is 5.56 Å². The highest BCUT2D eigenvalue weighted by Gasteiger charge is 2.07. The molecule has 0 saturated carbocycles. The first-order valence-corrected chi connectivity index (χ1v) is 7.74. The molecule has 2 aromatic rings. The molecule has 2 rings (SSSR count). The Morgan fingerprint density at radius 1 is 0.920 bits per heavy atom. The fourth-order valence-electron chi connectivity index (χ4n) is 2.01.